The fourth-order valence-electron chi connectivity index (χ4n) is 1.87. The van der Waals surface area contributed by atoms with Crippen molar-refractivity contribution in [1.82, 2.24) is 5.06 Å². The summed E-state index contributed by atoms with van der Waals surface area (Å²) >= 11 is 0. The molecular weight excluding hydrogens is 258 g/mol. The minimum Gasteiger partial charge on any atom is -0.457 e. The van der Waals surface area contributed by atoms with Gasteiger partial charge >= 0.3 is 11.7 Å². The van der Waals surface area contributed by atoms with Crippen molar-refractivity contribution in [3.05, 3.63) is 41.4 Å². The van der Waals surface area contributed by atoms with Gasteiger partial charge in [0.15, 0.2) is 0 Å². The van der Waals surface area contributed by atoms with Crippen molar-refractivity contribution in [2.45, 2.75) is 32.9 Å². The number of hydrogen-bond donors (Lipinski definition) is 1. The van der Waals surface area contributed by atoms with Crippen molar-refractivity contribution in [1.29, 1.82) is 0 Å². The number of ether oxygens (including phenoxy) is 1. The van der Waals surface area contributed by atoms with E-state index in [0.717, 1.165) is 10.6 Å². The van der Waals surface area contributed by atoms with E-state index in [2.05, 4.69) is 4.79 Å². The van der Waals surface area contributed by atoms with Crippen LogP contribution in [0.1, 0.15) is 25.8 Å². The highest BCUT2D eigenvalue weighted by Crippen LogP contribution is 2.10. The Bertz CT molecular complexity index is 484. The highest BCUT2D eigenvalue weighted by atomic mass is 16.5. The molecule has 0 heterocycles. The molecule has 0 aliphatic heterocycles. The second kappa shape index (κ2) is 8.22. The van der Waals surface area contributed by atoms with Gasteiger partial charge in [-0.2, -0.15) is 9.85 Å². The quantitative estimate of drug-likeness (QED) is 0.271. The van der Waals surface area contributed by atoms with Crippen LogP contribution in [0.4, 0.5) is 0 Å². The summed E-state index contributed by atoms with van der Waals surface area (Å²) < 4.78 is 4.81. The molecule has 1 N–H and O–H groups in total. The van der Waals surface area contributed by atoms with Gasteiger partial charge in [0.2, 0.25) is 0 Å². The van der Waals surface area contributed by atoms with Crippen LogP contribution in [0.2, 0.25) is 0 Å². The summed E-state index contributed by atoms with van der Waals surface area (Å²) in [6, 6.07) is 8.58. The van der Waals surface area contributed by atoms with E-state index in [4.69, 9.17) is 10.3 Å². The molecule has 1 rings (SSSR count). The Morgan fingerprint density at radius 3 is 2.55 bits per heavy atom. The van der Waals surface area contributed by atoms with Crippen LogP contribution in [0.25, 0.3) is 5.53 Å². The standard InChI is InChI=1S/C14H19N3O3/c1-3-12(13(16-15)14(18)20-4-2)17(19)10-11-8-6-5-7-9-11/h5-9,12,19H,3-4,10H2,1-2H3. The van der Waals surface area contributed by atoms with Gasteiger partial charge in [-0.1, -0.05) is 37.3 Å². The molecule has 1 atom stereocenters. The number of hydrogen-bond acceptors (Lipinski definition) is 4. The number of esters is 1. The number of benzene rings is 1. The van der Waals surface area contributed by atoms with Gasteiger partial charge < -0.3 is 15.5 Å². The number of nitrogens with zero attached hydrogens (tertiary/aromatic N) is 3. The Labute approximate surface area is 118 Å². The highest BCUT2D eigenvalue weighted by Gasteiger charge is 2.35. The first-order chi connectivity index (χ1) is 9.63. The fourth-order valence-corrected chi connectivity index (χ4v) is 1.87. The molecule has 1 aromatic rings. The third-order valence-corrected chi connectivity index (χ3v) is 2.84. The summed E-state index contributed by atoms with van der Waals surface area (Å²) in [6.07, 6.45) is 0.404. The predicted octanol–water partition coefficient (Wildman–Crippen LogP) is 1.89. The Morgan fingerprint density at radius 1 is 1.40 bits per heavy atom. The molecule has 6 nitrogen and oxygen atoms in total. The van der Waals surface area contributed by atoms with Crippen molar-refractivity contribution in [2.75, 3.05) is 6.61 Å². The van der Waals surface area contributed by atoms with Crippen LogP contribution >= 0.6 is 0 Å². The molecule has 0 amide bonds. The first-order valence-electron chi connectivity index (χ1n) is 6.52. The molecule has 0 spiro atoms. The van der Waals surface area contributed by atoms with Gasteiger partial charge in [-0.15, -0.1) is 0 Å². The monoisotopic (exact) mass is 277 g/mol. The van der Waals surface area contributed by atoms with Crippen LogP contribution in [0, 0.1) is 0 Å². The van der Waals surface area contributed by atoms with Gasteiger partial charge in [0.1, 0.15) is 6.04 Å². The molecule has 108 valence electrons. The van der Waals surface area contributed by atoms with Crippen LogP contribution in [0.15, 0.2) is 30.3 Å². The molecule has 20 heavy (non-hydrogen) atoms. The Balaban J connectivity index is 2.83. The van der Waals surface area contributed by atoms with Crippen LogP contribution in [0.5, 0.6) is 0 Å². The first kappa shape index (κ1) is 16.0. The number of rotatable bonds is 7. The van der Waals surface area contributed by atoms with Crippen molar-refractivity contribution >= 4 is 11.7 Å². The van der Waals surface area contributed by atoms with Gasteiger partial charge in [0.25, 0.3) is 0 Å². The third kappa shape index (κ3) is 4.28. The van der Waals surface area contributed by atoms with Crippen LogP contribution in [0.3, 0.4) is 0 Å². The predicted molar refractivity (Wildman–Crippen MR) is 73.1 cm³/mol. The van der Waals surface area contributed by atoms with E-state index in [1.807, 2.05) is 30.3 Å². The van der Waals surface area contributed by atoms with E-state index in [1.54, 1.807) is 13.8 Å². The molecule has 1 unspecified atom stereocenters. The summed E-state index contributed by atoms with van der Waals surface area (Å²) in [5.41, 5.74) is 9.67. The molecule has 0 bridgehead atoms. The Kier molecular flexibility index (Phi) is 6.59. The summed E-state index contributed by atoms with van der Waals surface area (Å²) in [7, 11) is 0. The molecule has 0 saturated heterocycles. The SMILES string of the molecule is CCOC(=O)C(=[N+]=[N-])C(CC)N(O)Cc1ccccc1. The molecule has 0 radical (unpaired) electrons. The first-order valence-corrected chi connectivity index (χ1v) is 6.52. The number of carbonyl (C=O) groups is 1. The topological polar surface area (TPSA) is 86.2 Å². The Hall–Kier alpha value is -2.01. The summed E-state index contributed by atoms with van der Waals surface area (Å²) in [6.45, 7) is 3.84. The molecule has 0 aromatic heterocycles. The van der Waals surface area contributed by atoms with E-state index in [1.165, 1.54) is 0 Å². The molecular formula is C14H19N3O3. The lowest BCUT2D eigenvalue weighted by Gasteiger charge is -2.21. The lowest BCUT2D eigenvalue weighted by atomic mass is 10.1. The molecule has 0 fully saturated rings. The van der Waals surface area contributed by atoms with Crippen molar-refractivity contribution in [2.24, 2.45) is 0 Å². The summed E-state index contributed by atoms with van der Waals surface area (Å²) in [4.78, 5) is 14.7. The minimum absolute atomic E-state index is 0.179. The van der Waals surface area contributed by atoms with Gasteiger partial charge in [-0.05, 0) is 18.9 Å². The van der Waals surface area contributed by atoms with E-state index < -0.39 is 12.0 Å². The van der Waals surface area contributed by atoms with Gasteiger partial charge in [-0.3, -0.25) is 0 Å². The maximum atomic E-state index is 11.7. The largest absolute Gasteiger partial charge is 0.457 e. The zero-order valence-corrected chi connectivity index (χ0v) is 11.7. The summed E-state index contributed by atoms with van der Waals surface area (Å²) in [5, 5.41) is 11.1. The van der Waals surface area contributed by atoms with Crippen LogP contribution < -0.4 is 0 Å². The third-order valence-electron chi connectivity index (χ3n) is 2.84. The minimum atomic E-state index is -0.728. The molecule has 6 heteroatoms. The molecule has 0 aliphatic rings. The molecule has 0 aliphatic carbocycles. The van der Waals surface area contributed by atoms with Gasteiger partial charge in [0.05, 0.1) is 6.61 Å². The van der Waals surface area contributed by atoms with Gasteiger partial charge in [-0.25, -0.2) is 4.79 Å². The zero-order valence-electron chi connectivity index (χ0n) is 11.7. The highest BCUT2D eigenvalue weighted by molar-refractivity contribution is 6.35. The second-order valence-corrected chi connectivity index (χ2v) is 4.21. The molecule has 0 saturated carbocycles. The van der Waals surface area contributed by atoms with Gasteiger partial charge in [0, 0.05) is 6.54 Å². The zero-order chi connectivity index (χ0) is 15.0. The average molecular weight is 277 g/mol. The van der Waals surface area contributed by atoms with Crippen molar-refractivity contribution < 1.29 is 19.5 Å². The smallest absolute Gasteiger partial charge is 0.418 e. The van der Waals surface area contributed by atoms with E-state index in [-0.39, 0.29) is 18.9 Å². The maximum absolute atomic E-state index is 11.7. The van der Waals surface area contributed by atoms with E-state index >= 15 is 0 Å². The van der Waals surface area contributed by atoms with Crippen molar-refractivity contribution in [3.8, 4) is 0 Å². The van der Waals surface area contributed by atoms with Crippen LogP contribution in [-0.4, -0.2) is 39.4 Å². The lowest BCUT2D eigenvalue weighted by Crippen LogP contribution is -2.43. The Morgan fingerprint density at radius 2 is 2.05 bits per heavy atom. The lowest BCUT2D eigenvalue weighted by molar-refractivity contribution is -0.151. The second-order valence-electron chi connectivity index (χ2n) is 4.21. The average Bonchev–Trinajstić information content (AvgIpc) is 2.45. The number of carbonyl (C=O) groups excluding carboxylic acids is 1. The summed E-state index contributed by atoms with van der Waals surface area (Å²) in [5.74, 6) is -0.728. The van der Waals surface area contributed by atoms with E-state index in [0.29, 0.717) is 6.42 Å². The number of hydroxylamine groups is 2. The fraction of sp³-hybridized carbons (Fsp3) is 0.429. The maximum Gasteiger partial charge on any atom is 0.418 e. The van der Waals surface area contributed by atoms with Crippen LogP contribution in [-0.2, 0) is 16.1 Å². The van der Waals surface area contributed by atoms with Crippen molar-refractivity contribution in [3.63, 3.8) is 0 Å². The molecule has 1 aromatic carbocycles. The normalized spacial score (nSPS) is 11.8. The van der Waals surface area contributed by atoms with E-state index in [9.17, 15) is 10.0 Å².